The molecule has 18 heavy (non-hydrogen) atoms. The molecule has 1 fully saturated rings. The van der Waals surface area contributed by atoms with Crippen molar-refractivity contribution in [3.05, 3.63) is 11.9 Å². The first-order valence-electron chi connectivity index (χ1n) is 6.14. The highest BCUT2D eigenvalue weighted by atomic mass is 16.5. The first kappa shape index (κ1) is 13.0. The number of hydrogen-bond acceptors (Lipinski definition) is 5. The van der Waals surface area contributed by atoms with Crippen LogP contribution in [0.4, 0.5) is 0 Å². The average molecular weight is 254 g/mol. The van der Waals surface area contributed by atoms with Crippen LogP contribution >= 0.6 is 0 Å². The average Bonchev–Trinajstić information content (AvgIpc) is 2.77. The number of aliphatic carboxylic acids is 1. The fourth-order valence-corrected chi connectivity index (χ4v) is 1.99. The van der Waals surface area contributed by atoms with Crippen LogP contribution in [0.3, 0.4) is 0 Å². The van der Waals surface area contributed by atoms with E-state index in [2.05, 4.69) is 10.3 Å². The van der Waals surface area contributed by atoms with Gasteiger partial charge in [0.1, 0.15) is 6.04 Å². The summed E-state index contributed by atoms with van der Waals surface area (Å²) in [6.45, 7) is 1.46. The molecule has 1 aromatic rings. The Hall–Kier alpha value is -1.47. The van der Waals surface area contributed by atoms with Crippen molar-refractivity contribution in [3.8, 4) is 0 Å². The number of rotatable bonds is 5. The van der Waals surface area contributed by atoms with Crippen LogP contribution in [0.2, 0.25) is 0 Å². The third-order valence-corrected chi connectivity index (χ3v) is 3.00. The molecular weight excluding hydrogens is 236 g/mol. The van der Waals surface area contributed by atoms with Crippen LogP contribution in [-0.2, 0) is 22.5 Å². The van der Waals surface area contributed by atoms with Crippen molar-refractivity contribution in [2.24, 2.45) is 5.73 Å². The van der Waals surface area contributed by atoms with E-state index in [1.165, 1.54) is 6.42 Å². The van der Waals surface area contributed by atoms with E-state index in [4.69, 9.17) is 15.6 Å². The molecule has 0 saturated carbocycles. The number of carbonyl (C=O) groups is 1. The van der Waals surface area contributed by atoms with Crippen molar-refractivity contribution >= 4 is 5.97 Å². The van der Waals surface area contributed by atoms with Crippen LogP contribution in [0.1, 0.15) is 25.0 Å². The van der Waals surface area contributed by atoms with Crippen LogP contribution in [-0.4, -0.2) is 44.8 Å². The second kappa shape index (κ2) is 5.92. The molecule has 2 unspecified atom stereocenters. The normalized spacial score (nSPS) is 21.7. The molecule has 1 saturated heterocycles. The minimum absolute atomic E-state index is 0.182. The molecule has 0 aliphatic carbocycles. The molecule has 0 spiro atoms. The number of hydrogen-bond donors (Lipinski definition) is 2. The van der Waals surface area contributed by atoms with E-state index in [0.717, 1.165) is 19.4 Å². The molecule has 1 aromatic heterocycles. The maximum atomic E-state index is 10.6. The van der Waals surface area contributed by atoms with Gasteiger partial charge in [-0.2, -0.15) is 0 Å². The molecule has 1 aliphatic rings. The van der Waals surface area contributed by atoms with Crippen molar-refractivity contribution in [1.82, 2.24) is 15.0 Å². The molecular formula is C11H18N4O3. The summed E-state index contributed by atoms with van der Waals surface area (Å²) in [6.07, 6.45) is 5.44. The number of ether oxygens (including phenoxy) is 1. The lowest BCUT2D eigenvalue weighted by Gasteiger charge is -2.21. The van der Waals surface area contributed by atoms with E-state index in [9.17, 15) is 4.79 Å². The largest absolute Gasteiger partial charge is 0.480 e. The van der Waals surface area contributed by atoms with Crippen LogP contribution < -0.4 is 5.73 Å². The number of carboxylic acids is 1. The van der Waals surface area contributed by atoms with Crippen molar-refractivity contribution < 1.29 is 14.6 Å². The Kier molecular flexibility index (Phi) is 4.27. The van der Waals surface area contributed by atoms with Gasteiger partial charge >= 0.3 is 5.97 Å². The SMILES string of the molecule is NC(Cc1cn(CC2CCCCO2)nn1)C(=O)O. The Morgan fingerprint density at radius 2 is 2.50 bits per heavy atom. The van der Waals surface area contributed by atoms with E-state index in [1.807, 2.05) is 0 Å². The highest BCUT2D eigenvalue weighted by Gasteiger charge is 2.17. The predicted molar refractivity (Wildman–Crippen MR) is 62.9 cm³/mol. The molecule has 0 radical (unpaired) electrons. The Labute approximate surface area is 105 Å². The molecule has 2 rings (SSSR count). The van der Waals surface area contributed by atoms with Gasteiger partial charge in [0.05, 0.1) is 18.3 Å². The molecule has 0 bridgehead atoms. The lowest BCUT2D eigenvalue weighted by molar-refractivity contribution is -0.138. The molecule has 3 N–H and O–H groups in total. The van der Waals surface area contributed by atoms with Crippen LogP contribution in [0.15, 0.2) is 6.20 Å². The van der Waals surface area contributed by atoms with Gasteiger partial charge < -0.3 is 15.6 Å². The third-order valence-electron chi connectivity index (χ3n) is 3.00. The summed E-state index contributed by atoms with van der Waals surface area (Å²) < 4.78 is 7.30. The lowest BCUT2D eigenvalue weighted by atomic mass is 10.1. The van der Waals surface area contributed by atoms with Gasteiger partial charge in [-0.15, -0.1) is 5.10 Å². The monoisotopic (exact) mass is 254 g/mol. The Morgan fingerprint density at radius 1 is 1.67 bits per heavy atom. The first-order valence-corrected chi connectivity index (χ1v) is 6.14. The van der Waals surface area contributed by atoms with Crippen LogP contribution in [0.5, 0.6) is 0 Å². The number of nitrogens with two attached hydrogens (primary N) is 1. The van der Waals surface area contributed by atoms with E-state index >= 15 is 0 Å². The zero-order valence-corrected chi connectivity index (χ0v) is 10.2. The zero-order chi connectivity index (χ0) is 13.0. The minimum Gasteiger partial charge on any atom is -0.480 e. The first-order chi connectivity index (χ1) is 8.65. The summed E-state index contributed by atoms with van der Waals surface area (Å²) in [5, 5.41) is 16.6. The number of aromatic nitrogens is 3. The van der Waals surface area contributed by atoms with Gasteiger partial charge in [-0.3, -0.25) is 4.79 Å². The van der Waals surface area contributed by atoms with Gasteiger partial charge in [-0.05, 0) is 19.3 Å². The summed E-state index contributed by atoms with van der Waals surface area (Å²) in [7, 11) is 0. The molecule has 0 aromatic carbocycles. The fraction of sp³-hybridized carbons (Fsp3) is 0.727. The van der Waals surface area contributed by atoms with Gasteiger partial charge in [0.25, 0.3) is 0 Å². The Morgan fingerprint density at radius 3 is 3.17 bits per heavy atom. The maximum Gasteiger partial charge on any atom is 0.320 e. The lowest BCUT2D eigenvalue weighted by Crippen LogP contribution is -2.32. The summed E-state index contributed by atoms with van der Waals surface area (Å²) in [4.78, 5) is 10.6. The molecule has 2 heterocycles. The standard InChI is InChI=1S/C11H18N4O3/c12-10(11(16)17)5-8-6-15(14-13-8)7-9-3-1-2-4-18-9/h6,9-10H,1-5,7,12H2,(H,16,17). The van der Waals surface area contributed by atoms with Crippen molar-refractivity contribution in [2.75, 3.05) is 6.61 Å². The van der Waals surface area contributed by atoms with E-state index < -0.39 is 12.0 Å². The number of nitrogens with zero attached hydrogens (tertiary/aromatic N) is 3. The molecule has 7 heteroatoms. The van der Waals surface area contributed by atoms with E-state index in [1.54, 1.807) is 10.9 Å². The topological polar surface area (TPSA) is 103 Å². The van der Waals surface area contributed by atoms with Crippen LogP contribution in [0.25, 0.3) is 0 Å². The van der Waals surface area contributed by atoms with Gasteiger partial charge in [-0.1, -0.05) is 5.21 Å². The molecule has 0 amide bonds. The van der Waals surface area contributed by atoms with Gasteiger partial charge in [0.15, 0.2) is 0 Å². The summed E-state index contributed by atoms with van der Waals surface area (Å²) in [5.41, 5.74) is 6.04. The second-order valence-corrected chi connectivity index (χ2v) is 4.57. The van der Waals surface area contributed by atoms with E-state index in [-0.39, 0.29) is 12.5 Å². The highest BCUT2D eigenvalue weighted by molar-refractivity contribution is 5.73. The van der Waals surface area contributed by atoms with Crippen molar-refractivity contribution in [2.45, 2.75) is 44.4 Å². The van der Waals surface area contributed by atoms with Gasteiger partial charge in [0.2, 0.25) is 0 Å². The summed E-state index contributed by atoms with van der Waals surface area (Å²) in [5.74, 6) is -1.03. The maximum absolute atomic E-state index is 10.6. The van der Waals surface area contributed by atoms with Crippen LogP contribution in [0, 0.1) is 0 Å². The molecule has 100 valence electrons. The fourth-order valence-electron chi connectivity index (χ4n) is 1.99. The summed E-state index contributed by atoms with van der Waals surface area (Å²) in [6, 6.07) is -0.930. The zero-order valence-electron chi connectivity index (χ0n) is 10.2. The smallest absolute Gasteiger partial charge is 0.320 e. The Balaban J connectivity index is 1.87. The quantitative estimate of drug-likeness (QED) is 0.754. The number of carboxylic acid groups (broad SMARTS) is 1. The third kappa shape index (κ3) is 3.51. The minimum atomic E-state index is -1.03. The molecule has 1 aliphatic heterocycles. The van der Waals surface area contributed by atoms with Crippen molar-refractivity contribution in [3.63, 3.8) is 0 Å². The van der Waals surface area contributed by atoms with Crippen molar-refractivity contribution in [1.29, 1.82) is 0 Å². The van der Waals surface area contributed by atoms with Gasteiger partial charge in [-0.25, -0.2) is 4.68 Å². The Bertz CT molecular complexity index is 401. The van der Waals surface area contributed by atoms with E-state index in [0.29, 0.717) is 12.2 Å². The molecule has 2 atom stereocenters. The molecule has 7 nitrogen and oxygen atoms in total. The second-order valence-electron chi connectivity index (χ2n) is 4.57. The predicted octanol–water partition coefficient (Wildman–Crippen LogP) is -0.198. The highest BCUT2D eigenvalue weighted by Crippen LogP contribution is 2.14. The summed E-state index contributed by atoms with van der Waals surface area (Å²) >= 11 is 0. The van der Waals surface area contributed by atoms with Gasteiger partial charge in [0, 0.05) is 19.2 Å².